The van der Waals surface area contributed by atoms with E-state index in [0.717, 1.165) is 32.2 Å². The van der Waals surface area contributed by atoms with Crippen molar-refractivity contribution in [3.05, 3.63) is 0 Å². The first-order chi connectivity index (χ1) is 6.86. The van der Waals surface area contributed by atoms with Crippen molar-refractivity contribution in [2.75, 3.05) is 26.2 Å². The van der Waals surface area contributed by atoms with Crippen LogP contribution in [0.1, 0.15) is 32.6 Å². The predicted molar refractivity (Wildman–Crippen MR) is 58.0 cm³/mol. The van der Waals surface area contributed by atoms with Crippen LogP contribution in [0.3, 0.4) is 0 Å². The molecule has 3 heteroatoms. The van der Waals surface area contributed by atoms with Crippen LogP contribution in [0.2, 0.25) is 0 Å². The number of nitrogens with one attached hydrogen (secondary N) is 1. The molecule has 0 saturated heterocycles. The van der Waals surface area contributed by atoms with Gasteiger partial charge in [-0.3, -0.25) is 0 Å². The molecule has 80 valence electrons. The highest BCUT2D eigenvalue weighted by Crippen LogP contribution is 2.18. The average molecular weight is 195 g/mol. The molecule has 3 nitrogen and oxygen atoms in total. The van der Waals surface area contributed by atoms with Crippen molar-refractivity contribution in [1.29, 1.82) is 5.26 Å². The smallest absolute Gasteiger partial charge is 0.0635 e. The molecule has 1 rings (SSSR count). The summed E-state index contributed by atoms with van der Waals surface area (Å²) in [7, 11) is 0. The SMILES string of the molecule is CCN(CCC#N)CCCNC1CC1. The van der Waals surface area contributed by atoms with Crippen molar-refractivity contribution >= 4 is 0 Å². The van der Waals surface area contributed by atoms with Gasteiger partial charge in [-0.1, -0.05) is 6.92 Å². The first-order valence-electron chi connectivity index (χ1n) is 5.69. The highest BCUT2D eigenvalue weighted by atomic mass is 15.1. The molecule has 0 heterocycles. The molecule has 1 saturated carbocycles. The van der Waals surface area contributed by atoms with Gasteiger partial charge in [0, 0.05) is 19.0 Å². The highest BCUT2D eigenvalue weighted by molar-refractivity contribution is 4.80. The minimum absolute atomic E-state index is 0.657. The van der Waals surface area contributed by atoms with Gasteiger partial charge in [0.05, 0.1) is 6.07 Å². The molecule has 0 radical (unpaired) electrons. The Kier molecular flexibility index (Phi) is 5.58. The zero-order chi connectivity index (χ0) is 10.2. The summed E-state index contributed by atoms with van der Waals surface area (Å²) < 4.78 is 0. The van der Waals surface area contributed by atoms with Crippen molar-refractivity contribution < 1.29 is 0 Å². The van der Waals surface area contributed by atoms with E-state index in [1.807, 2.05) is 0 Å². The van der Waals surface area contributed by atoms with Gasteiger partial charge in [0.25, 0.3) is 0 Å². The second-order valence-corrected chi connectivity index (χ2v) is 3.92. The van der Waals surface area contributed by atoms with Crippen molar-refractivity contribution in [2.45, 2.75) is 38.6 Å². The molecule has 0 aromatic rings. The number of nitrogens with zero attached hydrogens (tertiary/aromatic N) is 2. The molecule has 1 aliphatic rings. The van der Waals surface area contributed by atoms with Crippen LogP contribution < -0.4 is 5.32 Å². The maximum atomic E-state index is 8.47. The lowest BCUT2D eigenvalue weighted by Gasteiger charge is -2.18. The van der Waals surface area contributed by atoms with Gasteiger partial charge in [0.2, 0.25) is 0 Å². The van der Waals surface area contributed by atoms with E-state index in [9.17, 15) is 0 Å². The molecular formula is C11H21N3. The van der Waals surface area contributed by atoms with Crippen LogP contribution in [0, 0.1) is 11.3 Å². The van der Waals surface area contributed by atoms with Crippen LogP contribution in [0.4, 0.5) is 0 Å². The molecule has 0 atom stereocenters. The number of hydrogen-bond donors (Lipinski definition) is 1. The Labute approximate surface area is 87.1 Å². The van der Waals surface area contributed by atoms with E-state index in [2.05, 4.69) is 23.2 Å². The van der Waals surface area contributed by atoms with E-state index in [1.54, 1.807) is 0 Å². The second-order valence-electron chi connectivity index (χ2n) is 3.92. The van der Waals surface area contributed by atoms with E-state index in [1.165, 1.54) is 19.3 Å². The molecule has 0 bridgehead atoms. The molecule has 0 spiro atoms. The van der Waals surface area contributed by atoms with Gasteiger partial charge in [0.1, 0.15) is 0 Å². The van der Waals surface area contributed by atoms with Crippen LogP contribution in [0.15, 0.2) is 0 Å². The molecule has 1 N–H and O–H groups in total. The van der Waals surface area contributed by atoms with Gasteiger partial charge in [-0.15, -0.1) is 0 Å². The largest absolute Gasteiger partial charge is 0.314 e. The van der Waals surface area contributed by atoms with Crippen LogP contribution in [0.25, 0.3) is 0 Å². The summed E-state index contributed by atoms with van der Waals surface area (Å²) in [5, 5.41) is 12.0. The van der Waals surface area contributed by atoms with Gasteiger partial charge in [-0.2, -0.15) is 5.26 Å². The minimum atomic E-state index is 0.657. The third kappa shape index (κ3) is 5.21. The standard InChI is InChI=1S/C11H21N3/c1-2-14(9-3-7-12)10-4-8-13-11-5-6-11/h11,13H,2-6,8-10H2,1H3. The summed E-state index contributed by atoms with van der Waals surface area (Å²) in [4.78, 5) is 2.35. The maximum Gasteiger partial charge on any atom is 0.0635 e. The van der Waals surface area contributed by atoms with E-state index in [-0.39, 0.29) is 0 Å². The third-order valence-electron chi connectivity index (χ3n) is 2.65. The first kappa shape index (κ1) is 11.5. The molecule has 1 fully saturated rings. The van der Waals surface area contributed by atoms with Crippen molar-refractivity contribution in [1.82, 2.24) is 10.2 Å². The van der Waals surface area contributed by atoms with Gasteiger partial charge < -0.3 is 10.2 Å². The predicted octanol–water partition coefficient (Wildman–Crippen LogP) is 1.36. The second kappa shape index (κ2) is 6.80. The van der Waals surface area contributed by atoms with Gasteiger partial charge in [-0.25, -0.2) is 0 Å². The first-order valence-corrected chi connectivity index (χ1v) is 5.69. The van der Waals surface area contributed by atoms with E-state index >= 15 is 0 Å². The van der Waals surface area contributed by atoms with Gasteiger partial charge in [-0.05, 0) is 38.9 Å². The Morgan fingerprint density at radius 2 is 2.21 bits per heavy atom. The Morgan fingerprint density at radius 3 is 2.79 bits per heavy atom. The van der Waals surface area contributed by atoms with Crippen LogP contribution in [0.5, 0.6) is 0 Å². The molecule has 0 aromatic heterocycles. The van der Waals surface area contributed by atoms with Gasteiger partial charge >= 0.3 is 0 Å². The lowest BCUT2D eigenvalue weighted by Crippen LogP contribution is -2.28. The summed E-state index contributed by atoms with van der Waals surface area (Å²) in [5.41, 5.74) is 0. The Morgan fingerprint density at radius 1 is 1.43 bits per heavy atom. The molecule has 0 amide bonds. The summed E-state index contributed by atoms with van der Waals surface area (Å²) in [6.07, 6.45) is 4.59. The topological polar surface area (TPSA) is 39.1 Å². The fourth-order valence-corrected chi connectivity index (χ4v) is 1.53. The number of nitriles is 1. The lowest BCUT2D eigenvalue weighted by atomic mass is 10.3. The monoisotopic (exact) mass is 195 g/mol. The van der Waals surface area contributed by atoms with E-state index in [0.29, 0.717) is 6.42 Å². The minimum Gasteiger partial charge on any atom is -0.314 e. The van der Waals surface area contributed by atoms with Crippen LogP contribution >= 0.6 is 0 Å². The summed E-state index contributed by atoms with van der Waals surface area (Å²) in [5.74, 6) is 0. The fraction of sp³-hybridized carbons (Fsp3) is 0.909. The van der Waals surface area contributed by atoms with E-state index < -0.39 is 0 Å². The Hall–Kier alpha value is -0.590. The lowest BCUT2D eigenvalue weighted by molar-refractivity contribution is 0.289. The Balaban J connectivity index is 1.92. The van der Waals surface area contributed by atoms with Crippen LogP contribution in [-0.4, -0.2) is 37.1 Å². The molecule has 0 unspecified atom stereocenters. The average Bonchev–Trinajstić information content (AvgIpc) is 3.01. The molecule has 0 aromatic carbocycles. The number of rotatable bonds is 8. The summed E-state index contributed by atoms with van der Waals surface area (Å²) in [6.45, 7) is 6.40. The summed E-state index contributed by atoms with van der Waals surface area (Å²) in [6, 6.07) is 3.02. The number of hydrogen-bond acceptors (Lipinski definition) is 3. The Bertz CT molecular complexity index is 181. The fourth-order valence-electron chi connectivity index (χ4n) is 1.53. The zero-order valence-electron chi connectivity index (χ0n) is 9.13. The third-order valence-corrected chi connectivity index (χ3v) is 2.65. The van der Waals surface area contributed by atoms with Crippen molar-refractivity contribution in [2.24, 2.45) is 0 Å². The van der Waals surface area contributed by atoms with Crippen molar-refractivity contribution in [3.63, 3.8) is 0 Å². The molecular weight excluding hydrogens is 174 g/mol. The van der Waals surface area contributed by atoms with Crippen LogP contribution in [-0.2, 0) is 0 Å². The van der Waals surface area contributed by atoms with E-state index in [4.69, 9.17) is 5.26 Å². The maximum absolute atomic E-state index is 8.47. The van der Waals surface area contributed by atoms with Crippen molar-refractivity contribution in [3.8, 4) is 6.07 Å². The quantitative estimate of drug-likeness (QED) is 0.594. The van der Waals surface area contributed by atoms with Gasteiger partial charge in [0.15, 0.2) is 0 Å². The summed E-state index contributed by atoms with van der Waals surface area (Å²) >= 11 is 0. The normalized spacial score (nSPS) is 15.8. The highest BCUT2D eigenvalue weighted by Gasteiger charge is 2.19. The molecule has 14 heavy (non-hydrogen) atoms. The zero-order valence-corrected chi connectivity index (χ0v) is 9.13. The molecule has 1 aliphatic carbocycles. The molecule has 0 aliphatic heterocycles.